The Labute approximate surface area is 270 Å². The zero-order valence-corrected chi connectivity index (χ0v) is 27.2. The van der Waals surface area contributed by atoms with Gasteiger partial charge in [-0.2, -0.15) is 0 Å². The van der Waals surface area contributed by atoms with Crippen LogP contribution in [0.5, 0.6) is 11.5 Å². The van der Waals surface area contributed by atoms with Crippen molar-refractivity contribution in [2.75, 3.05) is 17.4 Å². The van der Waals surface area contributed by atoms with E-state index in [2.05, 4.69) is 5.32 Å². The number of benzene rings is 4. The lowest BCUT2D eigenvalue weighted by molar-refractivity contribution is -0.139. The number of para-hydroxylation sites is 1. The topological polar surface area (TPSA) is 96.0 Å². The number of aryl methyl sites for hydroxylation is 1. The van der Waals surface area contributed by atoms with E-state index in [0.29, 0.717) is 28.6 Å². The largest absolute Gasteiger partial charge is 0.457 e. The molecular formula is C35H38ClN3O5S. The van der Waals surface area contributed by atoms with Crippen molar-refractivity contribution in [3.8, 4) is 11.5 Å². The Morgan fingerprint density at radius 2 is 1.56 bits per heavy atom. The number of carbonyl (C=O) groups is 2. The molecule has 1 atom stereocenters. The second kappa shape index (κ2) is 15.6. The molecular weight excluding hydrogens is 610 g/mol. The van der Waals surface area contributed by atoms with Crippen LogP contribution < -0.4 is 14.4 Å². The molecule has 0 aliphatic heterocycles. The van der Waals surface area contributed by atoms with Crippen molar-refractivity contribution in [1.82, 2.24) is 10.2 Å². The summed E-state index contributed by atoms with van der Waals surface area (Å²) in [5, 5.41) is 3.37. The molecule has 0 saturated heterocycles. The monoisotopic (exact) mass is 647 g/mol. The fourth-order valence-electron chi connectivity index (χ4n) is 4.62. The molecule has 0 aromatic heterocycles. The molecule has 4 rings (SSSR count). The number of anilines is 1. The predicted octanol–water partition coefficient (Wildman–Crippen LogP) is 6.97. The van der Waals surface area contributed by atoms with Crippen LogP contribution in [-0.4, -0.2) is 44.3 Å². The van der Waals surface area contributed by atoms with Crippen molar-refractivity contribution in [2.24, 2.45) is 0 Å². The zero-order valence-electron chi connectivity index (χ0n) is 25.6. The van der Waals surface area contributed by atoms with Crippen LogP contribution in [0, 0.1) is 6.92 Å². The molecule has 0 bridgehead atoms. The number of hydrogen-bond donors (Lipinski definition) is 1. The standard InChI is InChI=1S/C35H38ClN3O5S/c1-4-5-22-37-35(41)27(3)38(24-28-10-9-11-29(36)23-28)34(40)25-39(45(42,43)33-20-14-26(2)15-21-33)30-16-18-32(19-17-30)44-31-12-7-6-8-13-31/h6-21,23,27H,4-5,22,24-25H2,1-3H3,(H,37,41)/t27-/m1/s1. The number of amides is 2. The maximum Gasteiger partial charge on any atom is 0.264 e. The van der Waals surface area contributed by atoms with E-state index in [4.69, 9.17) is 16.3 Å². The maximum atomic E-state index is 14.1. The number of unbranched alkanes of at least 4 members (excludes halogenated alkanes) is 1. The van der Waals surface area contributed by atoms with Crippen LogP contribution >= 0.6 is 11.6 Å². The first-order valence-electron chi connectivity index (χ1n) is 14.8. The fraction of sp³-hybridized carbons (Fsp3) is 0.257. The lowest BCUT2D eigenvalue weighted by Gasteiger charge is -2.32. The van der Waals surface area contributed by atoms with Crippen LogP contribution in [0.1, 0.15) is 37.8 Å². The fourth-order valence-corrected chi connectivity index (χ4v) is 6.25. The van der Waals surface area contributed by atoms with Gasteiger partial charge in [0, 0.05) is 18.1 Å². The summed E-state index contributed by atoms with van der Waals surface area (Å²) in [6.07, 6.45) is 1.70. The number of hydrogen-bond acceptors (Lipinski definition) is 5. The van der Waals surface area contributed by atoms with Crippen molar-refractivity contribution in [3.63, 3.8) is 0 Å². The molecule has 45 heavy (non-hydrogen) atoms. The molecule has 0 unspecified atom stereocenters. The number of nitrogens with one attached hydrogen (secondary N) is 1. The van der Waals surface area contributed by atoms with Gasteiger partial charge in [-0.3, -0.25) is 13.9 Å². The van der Waals surface area contributed by atoms with Gasteiger partial charge in [0.2, 0.25) is 11.8 Å². The van der Waals surface area contributed by atoms with Gasteiger partial charge in [0.15, 0.2) is 0 Å². The van der Waals surface area contributed by atoms with Crippen LogP contribution in [0.25, 0.3) is 0 Å². The highest BCUT2D eigenvalue weighted by Gasteiger charge is 2.32. The van der Waals surface area contributed by atoms with E-state index < -0.39 is 28.5 Å². The molecule has 0 aliphatic carbocycles. The highest BCUT2D eigenvalue weighted by molar-refractivity contribution is 7.92. The van der Waals surface area contributed by atoms with E-state index in [0.717, 1.165) is 22.7 Å². The summed E-state index contributed by atoms with van der Waals surface area (Å²) in [7, 11) is -4.19. The van der Waals surface area contributed by atoms with E-state index in [-0.39, 0.29) is 23.0 Å². The molecule has 4 aromatic rings. The smallest absolute Gasteiger partial charge is 0.264 e. The van der Waals surface area contributed by atoms with Crippen LogP contribution in [0.15, 0.2) is 108 Å². The van der Waals surface area contributed by atoms with Gasteiger partial charge in [-0.25, -0.2) is 8.42 Å². The first-order valence-corrected chi connectivity index (χ1v) is 16.6. The third-order valence-corrected chi connectivity index (χ3v) is 9.25. The van der Waals surface area contributed by atoms with E-state index in [9.17, 15) is 18.0 Å². The molecule has 10 heteroatoms. The summed E-state index contributed by atoms with van der Waals surface area (Å²) in [5.41, 5.74) is 1.88. The molecule has 0 aliphatic rings. The second-order valence-corrected chi connectivity index (χ2v) is 13.0. The lowest BCUT2D eigenvalue weighted by Crippen LogP contribution is -2.51. The van der Waals surface area contributed by atoms with Gasteiger partial charge in [-0.1, -0.05) is 73.0 Å². The average Bonchev–Trinajstić information content (AvgIpc) is 3.03. The summed E-state index contributed by atoms with van der Waals surface area (Å²) in [5.74, 6) is 0.263. The SMILES string of the molecule is CCCCNC(=O)[C@@H](C)N(Cc1cccc(Cl)c1)C(=O)CN(c1ccc(Oc2ccccc2)cc1)S(=O)(=O)c1ccc(C)cc1. The first-order chi connectivity index (χ1) is 21.6. The quantitative estimate of drug-likeness (QED) is 0.149. The summed E-state index contributed by atoms with van der Waals surface area (Å²) in [6.45, 7) is 5.52. The molecule has 0 fully saturated rings. The number of sulfonamides is 1. The first kappa shape index (κ1) is 33.6. The zero-order chi connectivity index (χ0) is 32.4. The molecule has 236 valence electrons. The highest BCUT2D eigenvalue weighted by atomic mass is 35.5. The number of nitrogens with zero attached hydrogens (tertiary/aromatic N) is 2. The van der Waals surface area contributed by atoms with Gasteiger partial charge in [-0.05, 0) is 86.5 Å². The molecule has 0 radical (unpaired) electrons. The number of halogens is 1. The summed E-state index contributed by atoms with van der Waals surface area (Å²) in [6, 6.07) is 28.3. The van der Waals surface area contributed by atoms with Crippen molar-refractivity contribution >= 4 is 39.1 Å². The highest BCUT2D eigenvalue weighted by Crippen LogP contribution is 2.29. The molecule has 2 amide bonds. The Balaban J connectivity index is 1.69. The van der Waals surface area contributed by atoms with Gasteiger partial charge < -0.3 is 15.0 Å². The van der Waals surface area contributed by atoms with Gasteiger partial charge in [0.05, 0.1) is 10.6 Å². The second-order valence-electron chi connectivity index (χ2n) is 10.7. The summed E-state index contributed by atoms with van der Waals surface area (Å²) < 4.78 is 35.1. The van der Waals surface area contributed by atoms with Crippen LogP contribution in [-0.2, 0) is 26.2 Å². The molecule has 0 heterocycles. The lowest BCUT2D eigenvalue weighted by atomic mass is 10.1. The van der Waals surface area contributed by atoms with Gasteiger partial charge >= 0.3 is 0 Å². The number of carbonyl (C=O) groups excluding carboxylic acids is 2. The average molecular weight is 648 g/mol. The van der Waals surface area contributed by atoms with Crippen molar-refractivity contribution in [1.29, 1.82) is 0 Å². The Bertz CT molecular complexity index is 1680. The van der Waals surface area contributed by atoms with Crippen LogP contribution in [0.4, 0.5) is 5.69 Å². The van der Waals surface area contributed by atoms with Gasteiger partial charge in [0.1, 0.15) is 24.1 Å². The minimum absolute atomic E-state index is 0.0391. The Morgan fingerprint density at radius 1 is 0.889 bits per heavy atom. The van der Waals surface area contributed by atoms with Crippen molar-refractivity contribution in [3.05, 3.63) is 119 Å². The third kappa shape index (κ3) is 9.09. The van der Waals surface area contributed by atoms with E-state index in [1.165, 1.54) is 17.0 Å². The number of ether oxygens (including phenoxy) is 1. The molecule has 4 aromatic carbocycles. The van der Waals surface area contributed by atoms with Crippen molar-refractivity contribution in [2.45, 2.75) is 51.1 Å². The Kier molecular flexibility index (Phi) is 11.6. The Hall–Kier alpha value is -4.34. The van der Waals surface area contributed by atoms with Gasteiger partial charge in [0.25, 0.3) is 10.0 Å². The maximum absolute atomic E-state index is 14.1. The molecule has 0 spiro atoms. The van der Waals surface area contributed by atoms with Gasteiger partial charge in [-0.15, -0.1) is 0 Å². The van der Waals surface area contributed by atoms with E-state index in [1.807, 2.05) is 44.2 Å². The minimum Gasteiger partial charge on any atom is -0.457 e. The third-order valence-electron chi connectivity index (χ3n) is 7.23. The minimum atomic E-state index is -4.19. The van der Waals surface area contributed by atoms with Crippen LogP contribution in [0.2, 0.25) is 5.02 Å². The molecule has 0 saturated carbocycles. The summed E-state index contributed by atoms with van der Waals surface area (Å²) in [4.78, 5) is 28.7. The normalized spacial score (nSPS) is 11.8. The molecule has 8 nitrogen and oxygen atoms in total. The Morgan fingerprint density at radius 3 is 2.20 bits per heavy atom. The van der Waals surface area contributed by atoms with Crippen molar-refractivity contribution < 1.29 is 22.7 Å². The predicted molar refractivity (Wildman–Crippen MR) is 178 cm³/mol. The van der Waals surface area contributed by atoms with Crippen LogP contribution in [0.3, 0.4) is 0 Å². The van der Waals surface area contributed by atoms with E-state index in [1.54, 1.807) is 67.6 Å². The molecule has 1 N–H and O–H groups in total. The summed E-state index contributed by atoms with van der Waals surface area (Å²) >= 11 is 6.22. The van der Waals surface area contributed by atoms with E-state index >= 15 is 0 Å². The number of rotatable bonds is 14.